The molecule has 5 heteroatoms. The van der Waals surface area contributed by atoms with Crippen LogP contribution in [0, 0.1) is 11.3 Å². The maximum Gasteiger partial charge on any atom is 0.161 e. The summed E-state index contributed by atoms with van der Waals surface area (Å²) in [5.74, 6) is 0.677. The zero-order chi connectivity index (χ0) is 11.4. The van der Waals surface area contributed by atoms with E-state index in [2.05, 4.69) is 10.3 Å². The van der Waals surface area contributed by atoms with Crippen molar-refractivity contribution in [3.05, 3.63) is 22.8 Å². The summed E-state index contributed by atoms with van der Waals surface area (Å²) in [6.07, 6.45) is 2.11. The Morgan fingerprint density at radius 2 is 2.44 bits per heavy atom. The molecule has 1 aliphatic rings. The lowest BCUT2D eigenvalue weighted by atomic mass is 10.1. The van der Waals surface area contributed by atoms with Crippen molar-refractivity contribution < 1.29 is 4.74 Å². The van der Waals surface area contributed by atoms with E-state index in [1.165, 1.54) is 0 Å². The fourth-order valence-corrected chi connectivity index (χ4v) is 1.81. The van der Waals surface area contributed by atoms with Gasteiger partial charge in [0.25, 0.3) is 0 Å². The first-order valence-electron chi connectivity index (χ1n) is 5.20. The molecule has 1 N–H and O–H groups in total. The standard InChI is InChI=1S/C11H12ClN3O/c12-9-3-4-11(15-10(9)6-13)14-8-2-1-5-16-7-8/h3-4,8H,1-2,5,7H2,(H,14,15). The van der Waals surface area contributed by atoms with Crippen LogP contribution in [0.4, 0.5) is 5.82 Å². The highest BCUT2D eigenvalue weighted by atomic mass is 35.5. The molecule has 0 spiro atoms. The molecule has 84 valence electrons. The van der Waals surface area contributed by atoms with Crippen molar-refractivity contribution in [3.8, 4) is 6.07 Å². The number of nitrogens with zero attached hydrogens (tertiary/aromatic N) is 2. The van der Waals surface area contributed by atoms with Gasteiger partial charge in [0.1, 0.15) is 11.9 Å². The average molecular weight is 238 g/mol. The van der Waals surface area contributed by atoms with E-state index in [1.807, 2.05) is 6.07 Å². The van der Waals surface area contributed by atoms with Crippen molar-refractivity contribution in [3.63, 3.8) is 0 Å². The highest BCUT2D eigenvalue weighted by molar-refractivity contribution is 6.31. The molecular formula is C11H12ClN3O. The van der Waals surface area contributed by atoms with Crippen LogP contribution in [0.2, 0.25) is 5.02 Å². The van der Waals surface area contributed by atoms with Gasteiger partial charge in [-0.25, -0.2) is 4.98 Å². The Labute approximate surface area is 99.2 Å². The van der Waals surface area contributed by atoms with Gasteiger partial charge in [-0.2, -0.15) is 5.26 Å². The normalized spacial score (nSPS) is 20.1. The number of ether oxygens (including phenoxy) is 1. The smallest absolute Gasteiger partial charge is 0.161 e. The molecule has 1 saturated heterocycles. The minimum Gasteiger partial charge on any atom is -0.379 e. The summed E-state index contributed by atoms with van der Waals surface area (Å²) in [4.78, 5) is 4.13. The Balaban J connectivity index is 2.06. The van der Waals surface area contributed by atoms with Gasteiger partial charge in [-0.3, -0.25) is 0 Å². The van der Waals surface area contributed by atoms with Crippen LogP contribution in [0.25, 0.3) is 0 Å². The number of hydrogen-bond donors (Lipinski definition) is 1. The summed E-state index contributed by atoms with van der Waals surface area (Å²) < 4.78 is 5.35. The lowest BCUT2D eigenvalue weighted by molar-refractivity contribution is 0.0875. The summed E-state index contributed by atoms with van der Waals surface area (Å²) in [7, 11) is 0. The quantitative estimate of drug-likeness (QED) is 0.857. The Morgan fingerprint density at radius 1 is 1.56 bits per heavy atom. The number of rotatable bonds is 2. The molecule has 1 aromatic heterocycles. The van der Waals surface area contributed by atoms with E-state index in [1.54, 1.807) is 12.1 Å². The molecule has 16 heavy (non-hydrogen) atoms. The van der Waals surface area contributed by atoms with Crippen LogP contribution in [-0.4, -0.2) is 24.2 Å². The van der Waals surface area contributed by atoms with Crippen molar-refractivity contribution in [2.75, 3.05) is 18.5 Å². The molecule has 0 radical (unpaired) electrons. The van der Waals surface area contributed by atoms with Crippen LogP contribution in [0.5, 0.6) is 0 Å². The Bertz CT molecular complexity index is 410. The van der Waals surface area contributed by atoms with E-state index in [9.17, 15) is 0 Å². The maximum absolute atomic E-state index is 8.80. The van der Waals surface area contributed by atoms with Crippen LogP contribution in [0.1, 0.15) is 18.5 Å². The first-order valence-corrected chi connectivity index (χ1v) is 5.58. The molecule has 1 unspecified atom stereocenters. The lowest BCUT2D eigenvalue weighted by Gasteiger charge is -2.23. The Kier molecular flexibility index (Phi) is 3.60. The van der Waals surface area contributed by atoms with Gasteiger partial charge in [0.2, 0.25) is 0 Å². The number of nitrogens with one attached hydrogen (secondary N) is 1. The molecule has 1 fully saturated rings. The molecule has 0 amide bonds. The largest absolute Gasteiger partial charge is 0.379 e. The highest BCUT2D eigenvalue weighted by Gasteiger charge is 2.14. The van der Waals surface area contributed by atoms with Crippen LogP contribution in [0.3, 0.4) is 0 Å². The highest BCUT2D eigenvalue weighted by Crippen LogP contribution is 2.18. The van der Waals surface area contributed by atoms with E-state index >= 15 is 0 Å². The second-order valence-corrected chi connectivity index (χ2v) is 4.10. The molecule has 0 aromatic carbocycles. The summed E-state index contributed by atoms with van der Waals surface area (Å²) in [5, 5.41) is 12.4. The van der Waals surface area contributed by atoms with Crippen LogP contribution in [-0.2, 0) is 4.74 Å². The summed E-state index contributed by atoms with van der Waals surface area (Å²) in [6.45, 7) is 1.52. The van der Waals surface area contributed by atoms with Crippen molar-refractivity contribution in [1.29, 1.82) is 5.26 Å². The van der Waals surface area contributed by atoms with Gasteiger partial charge in [-0.15, -0.1) is 0 Å². The van der Waals surface area contributed by atoms with Crippen LogP contribution in [0.15, 0.2) is 12.1 Å². The molecule has 0 aliphatic carbocycles. The van der Waals surface area contributed by atoms with E-state index in [-0.39, 0.29) is 11.7 Å². The first kappa shape index (κ1) is 11.2. The molecule has 1 aliphatic heterocycles. The summed E-state index contributed by atoms with van der Waals surface area (Å²) in [6, 6.07) is 5.69. The van der Waals surface area contributed by atoms with Crippen molar-refractivity contribution >= 4 is 17.4 Å². The average Bonchev–Trinajstić information content (AvgIpc) is 2.33. The second-order valence-electron chi connectivity index (χ2n) is 3.70. The minimum atomic E-state index is 0.253. The maximum atomic E-state index is 8.80. The van der Waals surface area contributed by atoms with Crippen molar-refractivity contribution in [2.45, 2.75) is 18.9 Å². The second kappa shape index (κ2) is 5.15. The molecule has 2 heterocycles. The zero-order valence-electron chi connectivity index (χ0n) is 8.74. The van der Waals surface area contributed by atoms with E-state index in [0.717, 1.165) is 19.4 Å². The third-order valence-electron chi connectivity index (χ3n) is 2.46. The van der Waals surface area contributed by atoms with Gasteiger partial charge in [0, 0.05) is 6.61 Å². The molecular weight excluding hydrogens is 226 g/mol. The number of anilines is 1. The molecule has 1 aromatic rings. The number of pyridine rings is 1. The monoisotopic (exact) mass is 237 g/mol. The van der Waals surface area contributed by atoms with E-state index in [4.69, 9.17) is 21.6 Å². The van der Waals surface area contributed by atoms with Gasteiger partial charge < -0.3 is 10.1 Å². The zero-order valence-corrected chi connectivity index (χ0v) is 9.50. The third-order valence-corrected chi connectivity index (χ3v) is 2.77. The number of aromatic nitrogens is 1. The number of nitriles is 1. The van der Waals surface area contributed by atoms with E-state index < -0.39 is 0 Å². The van der Waals surface area contributed by atoms with Gasteiger partial charge in [0.15, 0.2) is 5.69 Å². The first-order chi connectivity index (χ1) is 7.79. The summed E-state index contributed by atoms with van der Waals surface area (Å²) >= 11 is 5.80. The third kappa shape index (κ3) is 2.63. The fraction of sp³-hybridized carbons (Fsp3) is 0.455. The number of halogens is 1. The Morgan fingerprint density at radius 3 is 3.12 bits per heavy atom. The minimum absolute atomic E-state index is 0.253. The van der Waals surface area contributed by atoms with Gasteiger partial charge >= 0.3 is 0 Å². The fourth-order valence-electron chi connectivity index (χ4n) is 1.66. The molecule has 4 nitrogen and oxygen atoms in total. The van der Waals surface area contributed by atoms with Crippen LogP contribution >= 0.6 is 11.6 Å². The van der Waals surface area contributed by atoms with Gasteiger partial charge in [-0.1, -0.05) is 11.6 Å². The van der Waals surface area contributed by atoms with Crippen molar-refractivity contribution in [2.24, 2.45) is 0 Å². The summed E-state index contributed by atoms with van der Waals surface area (Å²) in [5.41, 5.74) is 0.253. The number of hydrogen-bond acceptors (Lipinski definition) is 4. The molecule has 0 saturated carbocycles. The van der Waals surface area contributed by atoms with Crippen molar-refractivity contribution in [1.82, 2.24) is 4.98 Å². The Hall–Kier alpha value is -1.31. The SMILES string of the molecule is N#Cc1nc(NC2CCCOC2)ccc1Cl. The van der Waals surface area contributed by atoms with Crippen LogP contribution < -0.4 is 5.32 Å². The molecule has 1 atom stereocenters. The van der Waals surface area contributed by atoms with Gasteiger partial charge in [-0.05, 0) is 25.0 Å². The van der Waals surface area contributed by atoms with Gasteiger partial charge in [0.05, 0.1) is 17.7 Å². The predicted octanol–water partition coefficient (Wildman–Crippen LogP) is 2.20. The lowest BCUT2D eigenvalue weighted by Crippen LogP contribution is -2.30. The molecule has 2 rings (SSSR count). The predicted molar refractivity (Wildman–Crippen MR) is 61.4 cm³/mol. The van der Waals surface area contributed by atoms with E-state index in [0.29, 0.717) is 17.4 Å². The topological polar surface area (TPSA) is 57.9 Å². The molecule has 0 bridgehead atoms.